The number of furan rings is 1. The van der Waals surface area contributed by atoms with E-state index in [9.17, 15) is 4.79 Å². The first-order chi connectivity index (χ1) is 12.5. The van der Waals surface area contributed by atoms with E-state index in [2.05, 4.69) is 11.1 Å². The lowest BCUT2D eigenvalue weighted by atomic mass is 10.0. The molecule has 6 heteroatoms. The number of thiazole rings is 1. The standard InChI is InChI=1S/C20H20N2O3S/c1-12-10-15-16(25-12)8-9-17-19(15)22(2)20(26-17)21-18(23)11-13-4-6-14(24-3)7-5-13/h4-7,10H,8-9,11H2,1-3H3. The predicted molar refractivity (Wildman–Crippen MR) is 100 cm³/mol. The van der Waals surface area contributed by atoms with Crippen LogP contribution in [0.1, 0.15) is 22.0 Å². The molecule has 1 aliphatic rings. The molecule has 134 valence electrons. The van der Waals surface area contributed by atoms with E-state index >= 15 is 0 Å². The second-order valence-corrected chi connectivity index (χ2v) is 7.50. The summed E-state index contributed by atoms with van der Waals surface area (Å²) in [4.78, 5) is 18.8. The number of hydrogen-bond donors (Lipinski definition) is 0. The van der Waals surface area contributed by atoms with Crippen molar-refractivity contribution in [3.63, 3.8) is 0 Å². The van der Waals surface area contributed by atoms with Crippen LogP contribution in [0.3, 0.4) is 0 Å². The maximum absolute atomic E-state index is 12.4. The third kappa shape index (κ3) is 3.01. The topological polar surface area (TPSA) is 56.7 Å². The SMILES string of the molecule is COc1ccc(CC(=O)N=c2sc3c(n2C)-c2cc(C)oc2CC3)cc1. The summed E-state index contributed by atoms with van der Waals surface area (Å²) in [6, 6.07) is 9.58. The van der Waals surface area contributed by atoms with Crippen LogP contribution in [-0.4, -0.2) is 17.6 Å². The number of methoxy groups -OCH3 is 1. The van der Waals surface area contributed by atoms with Gasteiger partial charge in [-0.2, -0.15) is 4.99 Å². The first-order valence-electron chi connectivity index (χ1n) is 8.54. The molecule has 1 aromatic carbocycles. The fourth-order valence-corrected chi connectivity index (χ4v) is 4.49. The zero-order chi connectivity index (χ0) is 18.3. The second kappa shape index (κ2) is 6.61. The van der Waals surface area contributed by atoms with Crippen molar-refractivity contribution in [3.8, 4) is 17.0 Å². The van der Waals surface area contributed by atoms with Crippen LogP contribution in [0.2, 0.25) is 0 Å². The van der Waals surface area contributed by atoms with Crippen LogP contribution in [-0.2, 0) is 31.1 Å². The van der Waals surface area contributed by atoms with Gasteiger partial charge in [-0.1, -0.05) is 12.1 Å². The van der Waals surface area contributed by atoms with Gasteiger partial charge in [-0.05, 0) is 37.1 Å². The van der Waals surface area contributed by atoms with Gasteiger partial charge in [0.15, 0.2) is 4.80 Å². The van der Waals surface area contributed by atoms with Crippen molar-refractivity contribution in [3.05, 3.63) is 57.1 Å². The van der Waals surface area contributed by atoms with Crippen molar-refractivity contribution in [2.75, 3.05) is 7.11 Å². The quantitative estimate of drug-likeness (QED) is 0.712. The summed E-state index contributed by atoms with van der Waals surface area (Å²) in [5.74, 6) is 2.58. The number of nitrogens with zero attached hydrogens (tertiary/aromatic N) is 2. The Kier molecular flexibility index (Phi) is 4.28. The van der Waals surface area contributed by atoms with E-state index in [0.717, 1.165) is 51.7 Å². The summed E-state index contributed by atoms with van der Waals surface area (Å²) in [7, 11) is 3.59. The minimum absolute atomic E-state index is 0.145. The third-order valence-corrected chi connectivity index (χ3v) is 5.79. The number of fused-ring (bicyclic) bond motifs is 3. The minimum Gasteiger partial charge on any atom is -0.497 e. The Hall–Kier alpha value is -2.60. The van der Waals surface area contributed by atoms with Crippen LogP contribution in [0.25, 0.3) is 11.3 Å². The number of carbonyl (C=O) groups excluding carboxylic acids is 1. The Balaban J connectivity index is 1.64. The maximum Gasteiger partial charge on any atom is 0.252 e. The normalized spacial score (nSPS) is 13.4. The van der Waals surface area contributed by atoms with Crippen LogP contribution in [0, 0.1) is 6.92 Å². The van der Waals surface area contributed by atoms with Crippen molar-refractivity contribution in [2.24, 2.45) is 12.0 Å². The van der Waals surface area contributed by atoms with Crippen LogP contribution in [0.15, 0.2) is 39.7 Å². The average Bonchev–Trinajstić information content (AvgIpc) is 3.15. The molecule has 0 saturated carbocycles. The van der Waals surface area contributed by atoms with Gasteiger partial charge in [-0.25, -0.2) is 0 Å². The number of amides is 1. The van der Waals surface area contributed by atoms with E-state index < -0.39 is 0 Å². The molecule has 0 fully saturated rings. The monoisotopic (exact) mass is 368 g/mol. The first-order valence-corrected chi connectivity index (χ1v) is 9.35. The number of aryl methyl sites for hydroxylation is 3. The number of carbonyl (C=O) groups is 1. The lowest BCUT2D eigenvalue weighted by Crippen LogP contribution is -2.15. The van der Waals surface area contributed by atoms with E-state index in [1.54, 1.807) is 18.4 Å². The highest BCUT2D eigenvalue weighted by atomic mass is 32.1. The Bertz CT molecular complexity index is 1040. The largest absolute Gasteiger partial charge is 0.497 e. The van der Waals surface area contributed by atoms with Gasteiger partial charge in [0.25, 0.3) is 5.91 Å². The molecule has 5 nitrogen and oxygen atoms in total. The zero-order valence-electron chi connectivity index (χ0n) is 15.0. The number of rotatable bonds is 3. The van der Waals surface area contributed by atoms with Gasteiger partial charge >= 0.3 is 0 Å². The molecule has 0 bridgehead atoms. The van der Waals surface area contributed by atoms with E-state index in [0.29, 0.717) is 0 Å². The molecular weight excluding hydrogens is 348 g/mol. The van der Waals surface area contributed by atoms with Gasteiger partial charge < -0.3 is 13.7 Å². The highest BCUT2D eigenvalue weighted by Crippen LogP contribution is 2.36. The molecule has 0 aliphatic heterocycles. The molecule has 0 N–H and O–H groups in total. The smallest absolute Gasteiger partial charge is 0.252 e. The molecule has 3 aromatic rings. The Labute approximate surface area is 155 Å². The fourth-order valence-electron chi connectivity index (χ4n) is 3.35. The van der Waals surface area contributed by atoms with Gasteiger partial charge in [0.1, 0.15) is 17.3 Å². The zero-order valence-corrected chi connectivity index (χ0v) is 15.9. The molecule has 0 spiro atoms. The summed E-state index contributed by atoms with van der Waals surface area (Å²) in [5, 5.41) is 0. The van der Waals surface area contributed by atoms with Crippen molar-refractivity contribution in [1.29, 1.82) is 0 Å². The highest BCUT2D eigenvalue weighted by molar-refractivity contribution is 7.09. The van der Waals surface area contributed by atoms with Crippen LogP contribution < -0.4 is 9.54 Å². The second-order valence-electron chi connectivity index (χ2n) is 6.44. The predicted octanol–water partition coefficient (Wildman–Crippen LogP) is 3.43. The van der Waals surface area contributed by atoms with E-state index in [1.807, 2.05) is 42.8 Å². The molecule has 0 atom stereocenters. The average molecular weight is 368 g/mol. The lowest BCUT2D eigenvalue weighted by Gasteiger charge is -2.11. The molecule has 26 heavy (non-hydrogen) atoms. The van der Waals surface area contributed by atoms with Gasteiger partial charge in [-0.15, -0.1) is 11.3 Å². The minimum atomic E-state index is -0.145. The van der Waals surface area contributed by atoms with Crippen molar-refractivity contribution in [1.82, 2.24) is 4.57 Å². The summed E-state index contributed by atoms with van der Waals surface area (Å²) in [6.45, 7) is 1.97. The summed E-state index contributed by atoms with van der Waals surface area (Å²) < 4.78 is 12.9. The molecule has 2 heterocycles. The van der Waals surface area contributed by atoms with E-state index in [-0.39, 0.29) is 12.3 Å². The van der Waals surface area contributed by atoms with Crippen molar-refractivity contribution < 1.29 is 13.9 Å². The molecule has 1 aliphatic carbocycles. The molecule has 1 amide bonds. The Morgan fingerprint density at radius 1 is 1.31 bits per heavy atom. The Morgan fingerprint density at radius 2 is 2.08 bits per heavy atom. The lowest BCUT2D eigenvalue weighted by molar-refractivity contribution is -0.117. The van der Waals surface area contributed by atoms with Gasteiger partial charge in [0.05, 0.1) is 19.2 Å². The first kappa shape index (κ1) is 16.8. The molecule has 2 aromatic heterocycles. The number of ether oxygens (including phenoxy) is 1. The molecule has 0 unspecified atom stereocenters. The Morgan fingerprint density at radius 3 is 2.81 bits per heavy atom. The van der Waals surface area contributed by atoms with E-state index in [1.165, 1.54) is 4.88 Å². The summed E-state index contributed by atoms with van der Waals surface area (Å²) in [6.07, 6.45) is 2.11. The summed E-state index contributed by atoms with van der Waals surface area (Å²) >= 11 is 1.59. The highest BCUT2D eigenvalue weighted by Gasteiger charge is 2.24. The maximum atomic E-state index is 12.4. The fraction of sp³-hybridized carbons (Fsp3) is 0.300. The van der Waals surface area contributed by atoms with E-state index in [4.69, 9.17) is 9.15 Å². The third-order valence-electron chi connectivity index (χ3n) is 4.60. The van der Waals surface area contributed by atoms with Crippen molar-refractivity contribution >= 4 is 17.2 Å². The molecular formula is C20H20N2O3S. The summed E-state index contributed by atoms with van der Waals surface area (Å²) in [5.41, 5.74) is 3.19. The van der Waals surface area contributed by atoms with Gasteiger partial charge in [-0.3, -0.25) is 4.79 Å². The van der Waals surface area contributed by atoms with Crippen LogP contribution >= 0.6 is 11.3 Å². The van der Waals surface area contributed by atoms with Gasteiger partial charge in [0, 0.05) is 23.9 Å². The van der Waals surface area contributed by atoms with Crippen LogP contribution in [0.4, 0.5) is 0 Å². The molecule has 0 saturated heterocycles. The van der Waals surface area contributed by atoms with Crippen LogP contribution in [0.5, 0.6) is 5.75 Å². The molecule has 4 rings (SSSR count). The van der Waals surface area contributed by atoms with Crippen molar-refractivity contribution in [2.45, 2.75) is 26.2 Å². The number of hydrogen-bond acceptors (Lipinski definition) is 4. The molecule has 0 radical (unpaired) electrons. The number of benzene rings is 1. The number of aromatic nitrogens is 1. The van der Waals surface area contributed by atoms with Gasteiger partial charge in [0.2, 0.25) is 0 Å².